The molecule has 1 aliphatic rings. The summed E-state index contributed by atoms with van der Waals surface area (Å²) < 4.78 is 14.2. The molecule has 2 amide bonds. The molecule has 1 unspecified atom stereocenters. The number of amides is 2. The van der Waals surface area contributed by atoms with E-state index in [0.29, 0.717) is 30.9 Å². The number of benzene rings is 1. The molecule has 0 bridgehead atoms. The van der Waals surface area contributed by atoms with Crippen LogP contribution in [0.5, 0.6) is 0 Å². The Bertz CT molecular complexity index is 928. The molecule has 3 rings (SSSR count). The van der Waals surface area contributed by atoms with Gasteiger partial charge in [0.05, 0.1) is 24.3 Å². The lowest BCUT2D eigenvalue weighted by Crippen LogP contribution is -2.39. The van der Waals surface area contributed by atoms with Gasteiger partial charge in [-0.2, -0.15) is 5.10 Å². The van der Waals surface area contributed by atoms with E-state index >= 15 is 0 Å². The fourth-order valence-corrected chi connectivity index (χ4v) is 3.17. The molecule has 1 fully saturated rings. The van der Waals surface area contributed by atoms with Crippen LogP contribution in [0, 0.1) is 11.7 Å². The van der Waals surface area contributed by atoms with Gasteiger partial charge in [-0.15, -0.1) is 0 Å². The second-order valence-corrected chi connectivity index (χ2v) is 6.86. The van der Waals surface area contributed by atoms with E-state index < -0.39 is 0 Å². The first-order chi connectivity index (χ1) is 13.3. The number of nitrogens with one attached hydrogen (secondary N) is 1. The van der Waals surface area contributed by atoms with Crippen molar-refractivity contribution in [1.82, 2.24) is 14.7 Å². The van der Waals surface area contributed by atoms with Gasteiger partial charge in [0.2, 0.25) is 11.8 Å². The van der Waals surface area contributed by atoms with Gasteiger partial charge in [0.15, 0.2) is 0 Å². The summed E-state index contributed by atoms with van der Waals surface area (Å²) in [7, 11) is 3.16. The minimum atomic E-state index is -0.387. The van der Waals surface area contributed by atoms with Gasteiger partial charge in [0.25, 0.3) is 5.56 Å². The number of halogens is 1. The molecule has 9 heteroatoms. The highest BCUT2D eigenvalue weighted by Gasteiger charge is 2.31. The largest absolute Gasteiger partial charge is 0.369 e. The average molecular weight is 387 g/mol. The van der Waals surface area contributed by atoms with Crippen LogP contribution in [0.3, 0.4) is 0 Å². The summed E-state index contributed by atoms with van der Waals surface area (Å²) in [5, 5.41) is 6.64. The van der Waals surface area contributed by atoms with Gasteiger partial charge in [-0.25, -0.2) is 9.07 Å². The number of carbonyl (C=O) groups is 2. The van der Waals surface area contributed by atoms with Crippen LogP contribution in [0.15, 0.2) is 41.3 Å². The predicted molar refractivity (Wildman–Crippen MR) is 102 cm³/mol. The number of carbonyl (C=O) groups excluding carboxylic acids is 2. The van der Waals surface area contributed by atoms with E-state index in [1.54, 1.807) is 20.3 Å². The van der Waals surface area contributed by atoms with E-state index in [2.05, 4.69) is 10.4 Å². The summed E-state index contributed by atoms with van der Waals surface area (Å²) in [6.45, 7) is 1.01. The Labute approximate surface area is 161 Å². The lowest BCUT2D eigenvalue weighted by Gasteiger charge is -2.22. The first kappa shape index (κ1) is 19.5. The molecule has 1 aromatic heterocycles. The molecule has 1 atom stereocenters. The molecule has 2 aromatic rings. The highest BCUT2D eigenvalue weighted by Crippen LogP contribution is 2.23. The van der Waals surface area contributed by atoms with Gasteiger partial charge >= 0.3 is 0 Å². The van der Waals surface area contributed by atoms with Crippen LogP contribution >= 0.6 is 0 Å². The maximum absolute atomic E-state index is 12.9. The van der Waals surface area contributed by atoms with Crippen LogP contribution in [0.4, 0.5) is 15.8 Å². The van der Waals surface area contributed by atoms with Crippen molar-refractivity contribution in [3.8, 4) is 0 Å². The number of nitrogens with zero attached hydrogens (tertiary/aromatic N) is 4. The molecular weight excluding hydrogens is 365 g/mol. The van der Waals surface area contributed by atoms with Crippen LogP contribution in [0.25, 0.3) is 0 Å². The SMILES string of the molecule is CN(CC(=O)Nc1ccc(F)cc1)C(=O)C1CCN(c2cnn(C)c(=O)c2)C1. The van der Waals surface area contributed by atoms with Crippen molar-refractivity contribution in [2.24, 2.45) is 13.0 Å². The number of rotatable bonds is 5. The maximum atomic E-state index is 12.9. The first-order valence-electron chi connectivity index (χ1n) is 8.92. The molecule has 0 radical (unpaired) electrons. The second kappa shape index (κ2) is 8.20. The summed E-state index contributed by atoms with van der Waals surface area (Å²) in [6, 6.07) is 6.93. The van der Waals surface area contributed by atoms with E-state index in [-0.39, 0.29) is 35.7 Å². The minimum absolute atomic E-state index is 0.0971. The third-order valence-electron chi connectivity index (χ3n) is 4.74. The fraction of sp³-hybridized carbons (Fsp3) is 0.368. The van der Waals surface area contributed by atoms with Gasteiger partial charge < -0.3 is 15.1 Å². The zero-order valence-electron chi connectivity index (χ0n) is 15.8. The predicted octanol–water partition coefficient (Wildman–Crippen LogP) is 0.843. The Balaban J connectivity index is 1.54. The van der Waals surface area contributed by atoms with Crippen molar-refractivity contribution < 1.29 is 14.0 Å². The zero-order chi connectivity index (χ0) is 20.3. The lowest BCUT2D eigenvalue weighted by atomic mass is 10.1. The number of anilines is 2. The molecular formula is C19H22FN5O3. The van der Waals surface area contributed by atoms with E-state index in [0.717, 1.165) is 0 Å². The zero-order valence-corrected chi connectivity index (χ0v) is 15.8. The van der Waals surface area contributed by atoms with Gasteiger partial charge in [-0.05, 0) is 30.7 Å². The Kier molecular flexibility index (Phi) is 5.72. The van der Waals surface area contributed by atoms with Gasteiger partial charge in [0, 0.05) is 38.9 Å². The van der Waals surface area contributed by atoms with Gasteiger partial charge in [0.1, 0.15) is 5.82 Å². The van der Waals surface area contributed by atoms with Gasteiger partial charge in [-0.1, -0.05) is 0 Å². The standard InChI is InChI=1S/C19H22FN5O3/c1-23(12-17(26)22-15-5-3-14(20)4-6-15)19(28)13-7-8-25(11-13)16-9-18(27)24(2)21-10-16/h3-6,9-10,13H,7-8,11-12H2,1-2H3,(H,22,26). The molecule has 2 heterocycles. The van der Waals surface area contributed by atoms with Crippen LogP contribution in [0.1, 0.15) is 6.42 Å². The summed E-state index contributed by atoms with van der Waals surface area (Å²) >= 11 is 0. The Morgan fingerprint density at radius 1 is 1.32 bits per heavy atom. The van der Waals surface area contributed by atoms with E-state index in [4.69, 9.17) is 0 Å². The summed E-state index contributed by atoms with van der Waals surface area (Å²) in [6.07, 6.45) is 2.24. The second-order valence-electron chi connectivity index (χ2n) is 6.86. The fourth-order valence-electron chi connectivity index (χ4n) is 3.17. The minimum Gasteiger partial charge on any atom is -0.369 e. The van der Waals surface area contributed by atoms with E-state index in [1.165, 1.54) is 39.9 Å². The molecule has 148 valence electrons. The number of hydrogen-bond donors (Lipinski definition) is 1. The molecule has 1 N–H and O–H groups in total. The highest BCUT2D eigenvalue weighted by atomic mass is 19.1. The molecule has 0 spiro atoms. The summed E-state index contributed by atoms with van der Waals surface area (Å²) in [4.78, 5) is 39.9. The quantitative estimate of drug-likeness (QED) is 0.822. The molecule has 0 aliphatic carbocycles. The molecule has 1 aromatic carbocycles. The van der Waals surface area contributed by atoms with Crippen LogP contribution in [-0.2, 0) is 16.6 Å². The monoisotopic (exact) mass is 387 g/mol. The molecule has 1 aliphatic heterocycles. The van der Waals surface area contributed by atoms with Crippen molar-refractivity contribution in [3.63, 3.8) is 0 Å². The normalized spacial score (nSPS) is 16.1. The third kappa shape index (κ3) is 4.54. The number of aromatic nitrogens is 2. The smallest absolute Gasteiger partial charge is 0.268 e. The first-order valence-corrected chi connectivity index (χ1v) is 8.92. The van der Waals surface area contributed by atoms with Crippen molar-refractivity contribution in [2.45, 2.75) is 6.42 Å². The molecule has 1 saturated heterocycles. The Hall–Kier alpha value is -3.23. The molecule has 8 nitrogen and oxygen atoms in total. The van der Waals surface area contributed by atoms with Crippen molar-refractivity contribution in [1.29, 1.82) is 0 Å². The summed E-state index contributed by atoms with van der Waals surface area (Å²) in [5.74, 6) is -1.13. The van der Waals surface area contributed by atoms with Crippen molar-refractivity contribution >= 4 is 23.2 Å². The topological polar surface area (TPSA) is 87.5 Å². The van der Waals surface area contributed by atoms with Crippen LogP contribution < -0.4 is 15.8 Å². The van der Waals surface area contributed by atoms with Crippen LogP contribution in [0.2, 0.25) is 0 Å². The molecule has 0 saturated carbocycles. The Morgan fingerprint density at radius 2 is 2.04 bits per heavy atom. The summed E-state index contributed by atoms with van der Waals surface area (Å²) in [5.41, 5.74) is 0.953. The average Bonchev–Trinajstić information content (AvgIpc) is 3.15. The van der Waals surface area contributed by atoms with Gasteiger partial charge in [-0.3, -0.25) is 14.4 Å². The number of aryl methyl sites for hydroxylation is 1. The highest BCUT2D eigenvalue weighted by molar-refractivity contribution is 5.94. The van der Waals surface area contributed by atoms with Crippen molar-refractivity contribution in [3.05, 3.63) is 52.7 Å². The van der Waals surface area contributed by atoms with Crippen LogP contribution in [-0.4, -0.2) is 53.2 Å². The molecule has 28 heavy (non-hydrogen) atoms. The van der Waals surface area contributed by atoms with E-state index in [9.17, 15) is 18.8 Å². The number of likely N-dealkylation sites (N-methyl/N-ethyl adjacent to an activating group) is 1. The Morgan fingerprint density at radius 3 is 2.71 bits per heavy atom. The van der Waals surface area contributed by atoms with Crippen molar-refractivity contribution in [2.75, 3.05) is 36.9 Å². The maximum Gasteiger partial charge on any atom is 0.268 e. The third-order valence-corrected chi connectivity index (χ3v) is 4.74. The number of hydrogen-bond acceptors (Lipinski definition) is 5. The van der Waals surface area contributed by atoms with E-state index in [1.807, 2.05) is 4.90 Å². The lowest BCUT2D eigenvalue weighted by molar-refractivity contribution is -0.136.